The SMILES string of the molecule is Cc1cc(S(=O)(=O)NCCc2ccn(C)n2)cc(N)c1F. The van der Waals surface area contributed by atoms with Crippen molar-refractivity contribution in [3.63, 3.8) is 0 Å². The van der Waals surface area contributed by atoms with Crippen LogP contribution in [0.4, 0.5) is 10.1 Å². The second kappa shape index (κ2) is 5.82. The highest BCUT2D eigenvalue weighted by atomic mass is 32.2. The summed E-state index contributed by atoms with van der Waals surface area (Å²) < 4.78 is 41.8. The number of rotatable bonds is 5. The van der Waals surface area contributed by atoms with Crippen molar-refractivity contribution < 1.29 is 12.8 Å². The van der Waals surface area contributed by atoms with E-state index in [4.69, 9.17) is 5.73 Å². The van der Waals surface area contributed by atoms with Gasteiger partial charge in [-0.25, -0.2) is 17.5 Å². The van der Waals surface area contributed by atoms with Crippen LogP contribution in [0.2, 0.25) is 0 Å². The van der Waals surface area contributed by atoms with Crippen LogP contribution in [0.25, 0.3) is 0 Å². The second-order valence-corrected chi connectivity index (χ2v) is 6.54. The molecule has 0 aliphatic carbocycles. The van der Waals surface area contributed by atoms with E-state index in [1.54, 1.807) is 17.9 Å². The van der Waals surface area contributed by atoms with Crippen molar-refractivity contribution in [1.29, 1.82) is 0 Å². The van der Waals surface area contributed by atoms with Crippen LogP contribution in [0.1, 0.15) is 11.3 Å². The van der Waals surface area contributed by atoms with Crippen LogP contribution in [0, 0.1) is 12.7 Å². The summed E-state index contributed by atoms with van der Waals surface area (Å²) in [4.78, 5) is -0.0417. The van der Waals surface area contributed by atoms with Crippen LogP contribution in [0.15, 0.2) is 29.3 Å². The summed E-state index contributed by atoms with van der Waals surface area (Å²) in [6.45, 7) is 1.67. The lowest BCUT2D eigenvalue weighted by atomic mass is 10.2. The topological polar surface area (TPSA) is 90.0 Å². The zero-order valence-corrected chi connectivity index (χ0v) is 12.6. The van der Waals surface area contributed by atoms with Crippen LogP contribution in [-0.4, -0.2) is 24.7 Å². The molecule has 0 radical (unpaired) electrons. The Morgan fingerprint density at radius 2 is 2.14 bits per heavy atom. The van der Waals surface area contributed by atoms with Crippen molar-refractivity contribution in [1.82, 2.24) is 14.5 Å². The van der Waals surface area contributed by atoms with Gasteiger partial charge in [0, 0.05) is 26.2 Å². The first kappa shape index (κ1) is 15.5. The first-order chi connectivity index (χ1) is 9.79. The summed E-state index contributed by atoms with van der Waals surface area (Å²) in [5, 5.41) is 4.16. The number of anilines is 1. The molecule has 2 rings (SSSR count). The molecule has 0 unspecified atom stereocenters. The number of nitrogens with zero attached hydrogens (tertiary/aromatic N) is 2. The van der Waals surface area contributed by atoms with Gasteiger partial charge in [-0.15, -0.1) is 0 Å². The Hall–Kier alpha value is -1.93. The zero-order chi connectivity index (χ0) is 15.6. The third-order valence-corrected chi connectivity index (χ3v) is 4.45. The van der Waals surface area contributed by atoms with E-state index >= 15 is 0 Å². The fraction of sp³-hybridized carbons (Fsp3) is 0.308. The van der Waals surface area contributed by atoms with E-state index in [2.05, 4.69) is 9.82 Å². The van der Waals surface area contributed by atoms with Gasteiger partial charge in [0.25, 0.3) is 0 Å². The molecule has 0 fully saturated rings. The minimum Gasteiger partial charge on any atom is -0.396 e. The molecule has 0 atom stereocenters. The number of nitrogens with one attached hydrogen (secondary N) is 1. The van der Waals surface area contributed by atoms with Crippen molar-refractivity contribution in [3.8, 4) is 0 Å². The average molecular weight is 312 g/mol. The molecule has 0 aliphatic heterocycles. The minimum absolute atomic E-state index is 0.0417. The molecule has 3 N–H and O–H groups in total. The number of aromatic nitrogens is 2. The van der Waals surface area contributed by atoms with Gasteiger partial charge in [0.2, 0.25) is 10.0 Å². The molecule has 1 heterocycles. The van der Waals surface area contributed by atoms with Crippen LogP contribution >= 0.6 is 0 Å². The standard InChI is InChI=1S/C13H17FN4O2S/c1-9-7-11(8-12(15)13(9)14)21(19,20)16-5-3-10-4-6-18(2)17-10/h4,6-8,16H,3,5,15H2,1-2H3. The van der Waals surface area contributed by atoms with E-state index < -0.39 is 15.8 Å². The largest absolute Gasteiger partial charge is 0.396 e. The Bertz CT molecular complexity index is 732. The number of hydrogen-bond donors (Lipinski definition) is 2. The molecule has 0 amide bonds. The van der Waals surface area contributed by atoms with E-state index in [9.17, 15) is 12.8 Å². The van der Waals surface area contributed by atoms with Crippen molar-refractivity contribution in [3.05, 3.63) is 41.5 Å². The monoisotopic (exact) mass is 312 g/mol. The van der Waals surface area contributed by atoms with Crippen molar-refractivity contribution in [2.45, 2.75) is 18.2 Å². The van der Waals surface area contributed by atoms with Crippen LogP contribution in [-0.2, 0) is 23.5 Å². The van der Waals surface area contributed by atoms with Crippen LogP contribution in [0.5, 0.6) is 0 Å². The third-order valence-electron chi connectivity index (χ3n) is 3.01. The predicted molar refractivity (Wildman–Crippen MR) is 77.6 cm³/mol. The van der Waals surface area contributed by atoms with Gasteiger partial charge in [0.05, 0.1) is 16.3 Å². The number of benzene rings is 1. The highest BCUT2D eigenvalue weighted by molar-refractivity contribution is 7.89. The lowest BCUT2D eigenvalue weighted by molar-refractivity contribution is 0.579. The van der Waals surface area contributed by atoms with Gasteiger partial charge in [-0.2, -0.15) is 5.10 Å². The summed E-state index contributed by atoms with van der Waals surface area (Å²) in [5.41, 5.74) is 6.26. The Morgan fingerprint density at radius 3 is 2.71 bits per heavy atom. The number of nitrogen functional groups attached to an aromatic ring is 1. The summed E-state index contributed by atoms with van der Waals surface area (Å²) in [7, 11) is -1.93. The molecular formula is C13H17FN4O2S. The molecule has 114 valence electrons. The van der Waals surface area contributed by atoms with Gasteiger partial charge >= 0.3 is 0 Å². The van der Waals surface area contributed by atoms with Crippen molar-refractivity contribution in [2.75, 3.05) is 12.3 Å². The number of nitrogens with two attached hydrogens (primary N) is 1. The number of halogens is 1. The molecule has 21 heavy (non-hydrogen) atoms. The molecule has 0 saturated carbocycles. The summed E-state index contributed by atoms with van der Waals surface area (Å²) in [6.07, 6.45) is 2.25. The second-order valence-electron chi connectivity index (χ2n) is 4.77. The minimum atomic E-state index is -3.72. The molecule has 0 aliphatic rings. The van der Waals surface area contributed by atoms with E-state index in [1.807, 2.05) is 6.07 Å². The van der Waals surface area contributed by atoms with Gasteiger partial charge < -0.3 is 5.73 Å². The number of hydrogen-bond acceptors (Lipinski definition) is 4. The fourth-order valence-corrected chi connectivity index (χ4v) is 3.06. The van der Waals surface area contributed by atoms with Gasteiger partial charge in [-0.3, -0.25) is 4.68 Å². The van der Waals surface area contributed by atoms with E-state index in [1.165, 1.54) is 13.0 Å². The maximum atomic E-state index is 13.4. The van der Waals surface area contributed by atoms with Crippen LogP contribution in [0.3, 0.4) is 0 Å². The molecular weight excluding hydrogens is 295 g/mol. The first-order valence-corrected chi connectivity index (χ1v) is 7.82. The van der Waals surface area contributed by atoms with Gasteiger partial charge in [-0.05, 0) is 30.7 Å². The van der Waals surface area contributed by atoms with E-state index in [-0.39, 0.29) is 22.7 Å². The van der Waals surface area contributed by atoms with Crippen molar-refractivity contribution >= 4 is 15.7 Å². The quantitative estimate of drug-likeness (QED) is 0.805. The summed E-state index contributed by atoms with van der Waals surface area (Å²) in [5.74, 6) is -0.595. The number of aryl methyl sites for hydroxylation is 2. The molecule has 1 aromatic heterocycles. The highest BCUT2D eigenvalue weighted by Gasteiger charge is 2.17. The van der Waals surface area contributed by atoms with Gasteiger partial charge in [0.15, 0.2) is 0 Å². The smallest absolute Gasteiger partial charge is 0.240 e. The maximum Gasteiger partial charge on any atom is 0.240 e. The lowest BCUT2D eigenvalue weighted by Gasteiger charge is -2.09. The Kier molecular flexibility index (Phi) is 4.29. The zero-order valence-electron chi connectivity index (χ0n) is 11.8. The number of sulfonamides is 1. The van der Waals surface area contributed by atoms with Crippen LogP contribution < -0.4 is 10.5 Å². The predicted octanol–water partition coefficient (Wildman–Crippen LogP) is 0.971. The molecule has 8 heteroatoms. The van der Waals surface area contributed by atoms with Gasteiger partial charge in [0.1, 0.15) is 5.82 Å². The Morgan fingerprint density at radius 1 is 1.43 bits per heavy atom. The highest BCUT2D eigenvalue weighted by Crippen LogP contribution is 2.20. The summed E-state index contributed by atoms with van der Waals surface area (Å²) >= 11 is 0. The molecule has 1 aromatic carbocycles. The van der Waals surface area contributed by atoms with E-state index in [0.717, 1.165) is 11.8 Å². The molecule has 2 aromatic rings. The molecule has 0 spiro atoms. The van der Waals surface area contributed by atoms with E-state index in [0.29, 0.717) is 6.42 Å². The third kappa shape index (κ3) is 3.59. The molecule has 0 saturated heterocycles. The fourth-order valence-electron chi connectivity index (χ4n) is 1.91. The van der Waals surface area contributed by atoms with Gasteiger partial charge in [-0.1, -0.05) is 0 Å². The van der Waals surface area contributed by atoms with Crippen molar-refractivity contribution in [2.24, 2.45) is 7.05 Å². The lowest BCUT2D eigenvalue weighted by Crippen LogP contribution is -2.26. The Labute approximate surface area is 122 Å². The normalized spacial score (nSPS) is 11.8. The average Bonchev–Trinajstić information content (AvgIpc) is 2.81. The summed E-state index contributed by atoms with van der Waals surface area (Å²) in [6, 6.07) is 4.19. The maximum absolute atomic E-state index is 13.4. The molecule has 0 bridgehead atoms. The Balaban J connectivity index is 2.08. The molecule has 6 nitrogen and oxygen atoms in total. The first-order valence-electron chi connectivity index (χ1n) is 6.33.